The van der Waals surface area contributed by atoms with Crippen molar-refractivity contribution in [3.63, 3.8) is 0 Å². The molecule has 2 aromatic carbocycles. The first kappa shape index (κ1) is 14.2. The lowest BCUT2D eigenvalue weighted by molar-refractivity contribution is -0.130. The molecule has 0 aliphatic rings. The van der Waals surface area contributed by atoms with Crippen LogP contribution in [0.15, 0.2) is 60.0 Å². The molecule has 23 heavy (non-hydrogen) atoms. The zero-order chi connectivity index (χ0) is 15.8. The van der Waals surface area contributed by atoms with E-state index in [2.05, 4.69) is 18.2 Å². The van der Waals surface area contributed by atoms with Crippen LogP contribution in [-0.4, -0.2) is 11.1 Å². The summed E-state index contributed by atoms with van der Waals surface area (Å²) in [5, 5.41) is 13.8. The SMILES string of the molecule is O=C(O)/C(=C\c1cccc2c1sc1ccccc12)c1cccs1. The second-order valence-electron chi connectivity index (χ2n) is 5.16. The van der Waals surface area contributed by atoms with Crippen molar-refractivity contribution in [3.8, 4) is 0 Å². The zero-order valence-corrected chi connectivity index (χ0v) is 13.7. The first-order valence-electron chi connectivity index (χ1n) is 7.13. The molecule has 4 rings (SSSR count). The Morgan fingerprint density at radius 1 is 0.957 bits per heavy atom. The first-order chi connectivity index (χ1) is 11.2. The Balaban J connectivity index is 1.98. The van der Waals surface area contributed by atoms with E-state index in [4.69, 9.17) is 0 Å². The van der Waals surface area contributed by atoms with Gasteiger partial charge in [-0.2, -0.15) is 0 Å². The van der Waals surface area contributed by atoms with Crippen molar-refractivity contribution in [2.45, 2.75) is 0 Å². The fourth-order valence-electron chi connectivity index (χ4n) is 2.71. The molecule has 4 heteroatoms. The second-order valence-corrected chi connectivity index (χ2v) is 7.16. The number of fused-ring (bicyclic) bond motifs is 3. The molecule has 0 unspecified atom stereocenters. The third-order valence-electron chi connectivity index (χ3n) is 3.75. The van der Waals surface area contributed by atoms with Crippen molar-refractivity contribution in [2.75, 3.05) is 0 Å². The van der Waals surface area contributed by atoms with Crippen LogP contribution in [0.3, 0.4) is 0 Å². The van der Waals surface area contributed by atoms with Crippen LogP contribution >= 0.6 is 22.7 Å². The summed E-state index contributed by atoms with van der Waals surface area (Å²) in [6, 6.07) is 18.1. The van der Waals surface area contributed by atoms with E-state index in [1.165, 1.54) is 26.8 Å². The van der Waals surface area contributed by atoms with Crippen LogP contribution in [0, 0.1) is 0 Å². The van der Waals surface area contributed by atoms with Gasteiger partial charge in [0, 0.05) is 25.0 Å². The predicted octanol–water partition coefficient (Wildman–Crippen LogP) is 5.74. The van der Waals surface area contributed by atoms with Crippen LogP contribution in [0.2, 0.25) is 0 Å². The quantitative estimate of drug-likeness (QED) is 0.484. The van der Waals surface area contributed by atoms with Crippen LogP contribution in [0.1, 0.15) is 10.4 Å². The second kappa shape index (κ2) is 5.65. The normalized spacial score (nSPS) is 12.1. The summed E-state index contributed by atoms with van der Waals surface area (Å²) in [5.41, 5.74) is 1.29. The molecular formula is C19H12O2S2. The number of rotatable bonds is 3. The number of carbonyl (C=O) groups is 1. The van der Waals surface area contributed by atoms with E-state index >= 15 is 0 Å². The standard InChI is InChI=1S/C19H12O2S2/c20-19(21)15(16-9-4-10-22-16)11-12-5-3-7-14-13-6-1-2-8-17(13)23-18(12)14/h1-11H,(H,20,21)/b15-11-. The predicted molar refractivity (Wildman–Crippen MR) is 99.2 cm³/mol. The Morgan fingerprint density at radius 3 is 2.57 bits per heavy atom. The van der Waals surface area contributed by atoms with Crippen LogP contribution in [0.4, 0.5) is 0 Å². The van der Waals surface area contributed by atoms with Crippen molar-refractivity contribution in [1.29, 1.82) is 0 Å². The van der Waals surface area contributed by atoms with Crippen LogP contribution in [0.5, 0.6) is 0 Å². The topological polar surface area (TPSA) is 37.3 Å². The Hall–Kier alpha value is -2.43. The summed E-state index contributed by atoms with van der Waals surface area (Å²) < 4.78 is 2.35. The van der Waals surface area contributed by atoms with Gasteiger partial charge in [0.25, 0.3) is 0 Å². The Kier molecular flexibility index (Phi) is 3.48. The van der Waals surface area contributed by atoms with E-state index in [9.17, 15) is 9.90 Å². The molecule has 0 aliphatic carbocycles. The van der Waals surface area contributed by atoms with Gasteiger partial charge in [0.05, 0.1) is 5.57 Å². The maximum Gasteiger partial charge on any atom is 0.337 e. The summed E-state index contributed by atoms with van der Waals surface area (Å²) in [5.74, 6) is -0.898. The summed E-state index contributed by atoms with van der Waals surface area (Å²) >= 11 is 3.15. The number of hydrogen-bond acceptors (Lipinski definition) is 3. The minimum Gasteiger partial charge on any atom is -0.478 e. The number of carboxylic acids is 1. The summed E-state index contributed by atoms with van der Waals surface area (Å²) in [7, 11) is 0. The molecule has 0 amide bonds. The molecule has 0 saturated carbocycles. The Morgan fingerprint density at radius 2 is 1.78 bits per heavy atom. The average Bonchev–Trinajstić information content (AvgIpc) is 3.20. The van der Waals surface area contributed by atoms with Gasteiger partial charge in [-0.05, 0) is 29.2 Å². The van der Waals surface area contributed by atoms with Gasteiger partial charge in [0.2, 0.25) is 0 Å². The third kappa shape index (κ3) is 2.46. The van der Waals surface area contributed by atoms with Gasteiger partial charge in [-0.15, -0.1) is 22.7 Å². The molecule has 0 spiro atoms. The lowest BCUT2D eigenvalue weighted by Gasteiger charge is -2.01. The number of aliphatic carboxylic acids is 1. The number of carboxylic acid groups (broad SMARTS) is 1. The molecule has 112 valence electrons. The lowest BCUT2D eigenvalue weighted by Crippen LogP contribution is -1.97. The third-order valence-corrected chi connectivity index (χ3v) is 5.89. The van der Waals surface area contributed by atoms with E-state index in [0.29, 0.717) is 5.57 Å². The Labute approximate surface area is 140 Å². The maximum atomic E-state index is 11.7. The number of hydrogen-bond donors (Lipinski definition) is 1. The number of thiophene rings is 2. The largest absolute Gasteiger partial charge is 0.478 e. The van der Waals surface area contributed by atoms with Gasteiger partial charge in [-0.25, -0.2) is 4.79 Å². The molecule has 2 heterocycles. The molecule has 0 saturated heterocycles. The average molecular weight is 336 g/mol. The fraction of sp³-hybridized carbons (Fsp3) is 0. The summed E-state index contributed by atoms with van der Waals surface area (Å²) in [4.78, 5) is 12.4. The molecule has 1 N–H and O–H groups in total. The maximum absolute atomic E-state index is 11.7. The van der Waals surface area contributed by atoms with Crippen molar-refractivity contribution in [2.24, 2.45) is 0 Å². The van der Waals surface area contributed by atoms with E-state index in [1.807, 2.05) is 41.8 Å². The van der Waals surface area contributed by atoms with E-state index in [1.54, 1.807) is 17.4 Å². The molecule has 0 bridgehead atoms. The minimum atomic E-state index is -0.898. The Bertz CT molecular complexity index is 1040. The molecule has 0 radical (unpaired) electrons. The number of benzene rings is 2. The van der Waals surface area contributed by atoms with Crippen molar-refractivity contribution in [1.82, 2.24) is 0 Å². The van der Waals surface area contributed by atoms with Crippen molar-refractivity contribution >= 4 is 60.5 Å². The van der Waals surface area contributed by atoms with Gasteiger partial charge < -0.3 is 5.11 Å². The van der Waals surface area contributed by atoms with Gasteiger partial charge in [0.15, 0.2) is 0 Å². The first-order valence-corrected chi connectivity index (χ1v) is 8.83. The molecule has 0 aliphatic heterocycles. The highest BCUT2D eigenvalue weighted by Crippen LogP contribution is 2.37. The van der Waals surface area contributed by atoms with E-state index < -0.39 is 5.97 Å². The minimum absolute atomic E-state index is 0.338. The van der Waals surface area contributed by atoms with Gasteiger partial charge in [0.1, 0.15) is 0 Å². The van der Waals surface area contributed by atoms with Crippen molar-refractivity contribution in [3.05, 3.63) is 70.4 Å². The fourth-order valence-corrected chi connectivity index (χ4v) is 4.63. The van der Waals surface area contributed by atoms with Crippen LogP contribution in [-0.2, 0) is 4.79 Å². The molecule has 4 aromatic rings. The van der Waals surface area contributed by atoms with Gasteiger partial charge in [-0.3, -0.25) is 0 Å². The zero-order valence-electron chi connectivity index (χ0n) is 12.0. The monoisotopic (exact) mass is 336 g/mol. The van der Waals surface area contributed by atoms with E-state index in [0.717, 1.165) is 15.1 Å². The highest BCUT2D eigenvalue weighted by atomic mass is 32.1. The molecule has 2 nitrogen and oxygen atoms in total. The summed E-state index contributed by atoms with van der Waals surface area (Å²) in [6.45, 7) is 0. The van der Waals surface area contributed by atoms with Gasteiger partial charge in [-0.1, -0.05) is 42.5 Å². The van der Waals surface area contributed by atoms with Crippen LogP contribution < -0.4 is 0 Å². The molecular weight excluding hydrogens is 324 g/mol. The highest BCUT2D eigenvalue weighted by Gasteiger charge is 2.13. The highest BCUT2D eigenvalue weighted by molar-refractivity contribution is 7.26. The summed E-state index contributed by atoms with van der Waals surface area (Å²) in [6.07, 6.45) is 1.78. The lowest BCUT2D eigenvalue weighted by atomic mass is 10.1. The smallest absolute Gasteiger partial charge is 0.337 e. The van der Waals surface area contributed by atoms with Crippen LogP contribution in [0.25, 0.3) is 31.8 Å². The van der Waals surface area contributed by atoms with Gasteiger partial charge >= 0.3 is 5.97 Å². The molecule has 0 fully saturated rings. The van der Waals surface area contributed by atoms with Crippen molar-refractivity contribution < 1.29 is 9.90 Å². The molecule has 2 aromatic heterocycles. The van der Waals surface area contributed by atoms with E-state index in [-0.39, 0.29) is 0 Å². The molecule has 0 atom stereocenters.